The van der Waals surface area contributed by atoms with Gasteiger partial charge >= 0.3 is 6.03 Å². The maximum Gasteiger partial charge on any atom is 0.315 e. The maximum absolute atomic E-state index is 12.9. The van der Waals surface area contributed by atoms with Crippen LogP contribution in [0.5, 0.6) is 0 Å². The second-order valence-corrected chi connectivity index (χ2v) is 7.54. The lowest BCUT2D eigenvalue weighted by Crippen LogP contribution is -2.40. The van der Waals surface area contributed by atoms with Gasteiger partial charge in [-0.3, -0.25) is 0 Å². The average Bonchev–Trinajstić information content (AvgIpc) is 2.74. The second-order valence-electron chi connectivity index (χ2n) is 7.54. The molecule has 0 fully saturated rings. The van der Waals surface area contributed by atoms with Crippen LogP contribution in [-0.2, 0) is 0 Å². The van der Waals surface area contributed by atoms with E-state index >= 15 is 0 Å². The summed E-state index contributed by atoms with van der Waals surface area (Å²) in [6.07, 6.45) is 8.92. The van der Waals surface area contributed by atoms with E-state index in [-0.39, 0.29) is 18.1 Å². The first kappa shape index (κ1) is 22.0. The molecule has 0 aliphatic carbocycles. The van der Waals surface area contributed by atoms with Gasteiger partial charge in [-0.2, -0.15) is 0 Å². The van der Waals surface area contributed by atoms with E-state index in [4.69, 9.17) is 0 Å². The summed E-state index contributed by atoms with van der Waals surface area (Å²) in [4.78, 5) is 12.9. The largest absolute Gasteiger partial charge is 0.331 e. The van der Waals surface area contributed by atoms with E-state index in [2.05, 4.69) is 48.7 Å². The fourth-order valence-corrected chi connectivity index (χ4v) is 3.57. The summed E-state index contributed by atoms with van der Waals surface area (Å²) in [5.41, 5.74) is 2.35. The van der Waals surface area contributed by atoms with Crippen molar-refractivity contribution in [2.75, 3.05) is 0 Å². The second kappa shape index (κ2) is 13.0. The number of benzene rings is 2. The van der Waals surface area contributed by atoms with Gasteiger partial charge in [0.05, 0.1) is 12.1 Å². The molecule has 0 heterocycles. The molecule has 3 heteroatoms. The summed E-state index contributed by atoms with van der Waals surface area (Å²) in [6.45, 7) is 4.41. The van der Waals surface area contributed by atoms with Crippen LogP contribution >= 0.6 is 0 Å². The van der Waals surface area contributed by atoms with E-state index in [1.807, 2.05) is 36.4 Å². The number of unbranched alkanes of at least 4 members (excludes halogenated alkanes) is 4. The minimum absolute atomic E-state index is 0.0554. The molecule has 0 saturated carbocycles. The Morgan fingerprint density at radius 2 is 1.07 bits per heavy atom. The molecule has 2 unspecified atom stereocenters. The van der Waals surface area contributed by atoms with Gasteiger partial charge in [-0.15, -0.1) is 0 Å². The number of rotatable bonds is 12. The SMILES string of the molecule is CCCCCC(NC(=O)NC(CCCCC)c1ccccc1)c1ccccc1. The summed E-state index contributed by atoms with van der Waals surface area (Å²) in [7, 11) is 0. The third kappa shape index (κ3) is 7.75. The van der Waals surface area contributed by atoms with Crippen LogP contribution < -0.4 is 10.6 Å². The summed E-state index contributed by atoms with van der Waals surface area (Å²) < 4.78 is 0. The van der Waals surface area contributed by atoms with Gasteiger partial charge in [0.1, 0.15) is 0 Å². The molecule has 2 atom stereocenters. The summed E-state index contributed by atoms with van der Waals surface area (Å²) in [6, 6.07) is 20.7. The van der Waals surface area contributed by atoms with Crippen LogP contribution in [0.2, 0.25) is 0 Å². The number of amides is 2. The summed E-state index contributed by atoms with van der Waals surface area (Å²) in [5.74, 6) is 0. The summed E-state index contributed by atoms with van der Waals surface area (Å²) >= 11 is 0. The molecule has 2 amide bonds. The molecule has 2 aromatic rings. The maximum atomic E-state index is 12.9. The van der Waals surface area contributed by atoms with Crippen molar-refractivity contribution in [1.82, 2.24) is 10.6 Å². The van der Waals surface area contributed by atoms with Crippen molar-refractivity contribution < 1.29 is 4.79 Å². The van der Waals surface area contributed by atoms with Gasteiger partial charge in [0.15, 0.2) is 0 Å². The first-order valence-electron chi connectivity index (χ1n) is 10.9. The highest BCUT2D eigenvalue weighted by molar-refractivity contribution is 5.75. The third-order valence-electron chi connectivity index (χ3n) is 5.21. The minimum atomic E-state index is -0.0734. The predicted molar refractivity (Wildman–Crippen MR) is 118 cm³/mol. The molecule has 0 aliphatic rings. The van der Waals surface area contributed by atoms with Crippen molar-refractivity contribution in [3.8, 4) is 0 Å². The quantitative estimate of drug-likeness (QED) is 0.385. The Kier molecular flexibility index (Phi) is 10.2. The first-order valence-corrected chi connectivity index (χ1v) is 10.9. The van der Waals surface area contributed by atoms with Crippen LogP contribution in [0.4, 0.5) is 4.79 Å². The van der Waals surface area contributed by atoms with Crippen LogP contribution in [0.25, 0.3) is 0 Å². The van der Waals surface area contributed by atoms with Gasteiger partial charge in [0.2, 0.25) is 0 Å². The number of hydrogen-bond acceptors (Lipinski definition) is 1. The van der Waals surface area contributed by atoms with Crippen LogP contribution in [0.15, 0.2) is 60.7 Å². The highest BCUT2D eigenvalue weighted by atomic mass is 16.2. The molecule has 0 spiro atoms. The van der Waals surface area contributed by atoms with E-state index in [1.54, 1.807) is 0 Å². The van der Waals surface area contributed by atoms with Crippen molar-refractivity contribution in [3.63, 3.8) is 0 Å². The standard InChI is InChI=1S/C25H36N2O/c1-3-5-9-19-23(21-15-11-7-12-16-21)26-25(28)27-24(20-10-6-4-2)22-17-13-8-14-18-22/h7-8,11-18,23-24H,3-6,9-10,19-20H2,1-2H3,(H2,26,27,28). The van der Waals surface area contributed by atoms with Gasteiger partial charge in [0, 0.05) is 0 Å². The van der Waals surface area contributed by atoms with Gasteiger partial charge in [-0.05, 0) is 24.0 Å². The fourth-order valence-electron chi connectivity index (χ4n) is 3.57. The lowest BCUT2D eigenvalue weighted by molar-refractivity contribution is 0.231. The zero-order valence-corrected chi connectivity index (χ0v) is 17.5. The predicted octanol–water partition coefficient (Wildman–Crippen LogP) is 6.93. The van der Waals surface area contributed by atoms with E-state index in [0.29, 0.717) is 0 Å². The topological polar surface area (TPSA) is 41.1 Å². The molecule has 2 aromatic carbocycles. The van der Waals surface area contributed by atoms with Crippen LogP contribution in [0.1, 0.15) is 88.4 Å². The van der Waals surface area contributed by atoms with E-state index in [1.165, 1.54) is 36.8 Å². The Balaban J connectivity index is 2.02. The molecule has 2 rings (SSSR count). The molecular formula is C25H36N2O. The summed E-state index contributed by atoms with van der Waals surface area (Å²) in [5, 5.41) is 6.47. The van der Waals surface area contributed by atoms with Crippen molar-refractivity contribution in [1.29, 1.82) is 0 Å². The van der Waals surface area contributed by atoms with Crippen LogP contribution in [0.3, 0.4) is 0 Å². The monoisotopic (exact) mass is 380 g/mol. The van der Waals surface area contributed by atoms with Crippen LogP contribution in [-0.4, -0.2) is 6.03 Å². The lowest BCUT2D eigenvalue weighted by atomic mass is 9.99. The molecule has 152 valence electrons. The van der Waals surface area contributed by atoms with E-state index in [9.17, 15) is 4.79 Å². The van der Waals surface area contributed by atoms with Gasteiger partial charge < -0.3 is 10.6 Å². The number of nitrogens with one attached hydrogen (secondary N) is 2. The van der Waals surface area contributed by atoms with Crippen molar-refractivity contribution in [2.24, 2.45) is 0 Å². The van der Waals surface area contributed by atoms with Gasteiger partial charge in [-0.25, -0.2) is 4.79 Å². The number of carbonyl (C=O) groups is 1. The fraction of sp³-hybridized carbons (Fsp3) is 0.480. The Morgan fingerprint density at radius 3 is 1.43 bits per heavy atom. The number of hydrogen-bond donors (Lipinski definition) is 2. The highest BCUT2D eigenvalue weighted by Crippen LogP contribution is 2.22. The molecule has 2 N–H and O–H groups in total. The Morgan fingerprint density at radius 1 is 0.679 bits per heavy atom. The van der Waals surface area contributed by atoms with E-state index in [0.717, 1.165) is 25.7 Å². The molecular weight excluding hydrogens is 344 g/mol. The average molecular weight is 381 g/mol. The van der Waals surface area contributed by atoms with Crippen molar-refractivity contribution in [3.05, 3.63) is 71.8 Å². The van der Waals surface area contributed by atoms with Crippen molar-refractivity contribution >= 4 is 6.03 Å². The van der Waals surface area contributed by atoms with Crippen molar-refractivity contribution in [2.45, 2.75) is 77.3 Å². The first-order chi connectivity index (χ1) is 13.7. The molecule has 0 radical (unpaired) electrons. The molecule has 0 bridgehead atoms. The minimum Gasteiger partial charge on any atom is -0.331 e. The Bertz CT molecular complexity index is 599. The molecule has 0 aromatic heterocycles. The van der Waals surface area contributed by atoms with Gasteiger partial charge in [0.25, 0.3) is 0 Å². The number of carbonyl (C=O) groups excluding carboxylic acids is 1. The van der Waals surface area contributed by atoms with E-state index < -0.39 is 0 Å². The third-order valence-corrected chi connectivity index (χ3v) is 5.21. The lowest BCUT2D eigenvalue weighted by Gasteiger charge is -2.24. The van der Waals surface area contributed by atoms with Gasteiger partial charge in [-0.1, -0.05) is 113 Å². The molecule has 0 aliphatic heterocycles. The van der Waals surface area contributed by atoms with Crippen LogP contribution in [0, 0.1) is 0 Å². The molecule has 3 nitrogen and oxygen atoms in total. The normalized spacial score (nSPS) is 12.9. The zero-order valence-electron chi connectivity index (χ0n) is 17.5. The molecule has 0 saturated heterocycles. The molecule has 28 heavy (non-hydrogen) atoms. The Hall–Kier alpha value is -2.29. The number of urea groups is 1. The zero-order chi connectivity index (χ0) is 20.0. The Labute approximate surface area is 170 Å². The smallest absolute Gasteiger partial charge is 0.315 e. The highest BCUT2D eigenvalue weighted by Gasteiger charge is 2.18.